The van der Waals surface area contributed by atoms with Crippen LogP contribution in [0.5, 0.6) is 0 Å². The predicted molar refractivity (Wildman–Crippen MR) is 76.1 cm³/mol. The van der Waals surface area contributed by atoms with Crippen LogP contribution in [0.4, 0.5) is 5.88 Å². The summed E-state index contributed by atoms with van der Waals surface area (Å²) in [5.74, 6) is -1.21. The van der Waals surface area contributed by atoms with Crippen LogP contribution in [-0.4, -0.2) is 35.9 Å². The zero-order valence-electron chi connectivity index (χ0n) is 11.3. The average molecular weight is 321 g/mol. The first kappa shape index (κ1) is 14.1. The van der Waals surface area contributed by atoms with Gasteiger partial charge in [0.05, 0.1) is 11.1 Å². The second kappa shape index (κ2) is 4.88. The van der Waals surface area contributed by atoms with E-state index in [-0.39, 0.29) is 16.3 Å². The fraction of sp³-hybridized carbons (Fsp3) is 0.0769. The first-order valence-electron chi connectivity index (χ1n) is 6.16. The summed E-state index contributed by atoms with van der Waals surface area (Å²) in [7, 11) is -2.73. The Labute approximate surface area is 125 Å². The number of hydrogen-bond acceptors (Lipinski definition) is 6. The Morgan fingerprint density at radius 2 is 2.05 bits per heavy atom. The molecular weight excluding hydrogens is 310 g/mol. The van der Waals surface area contributed by atoms with Crippen LogP contribution in [0.2, 0.25) is 0 Å². The Bertz CT molecular complexity index is 871. The molecule has 3 rings (SSSR count). The van der Waals surface area contributed by atoms with Crippen molar-refractivity contribution in [3.05, 3.63) is 47.8 Å². The van der Waals surface area contributed by atoms with E-state index in [1.807, 2.05) is 0 Å². The molecule has 0 saturated heterocycles. The molecule has 0 unspecified atom stereocenters. The van der Waals surface area contributed by atoms with Gasteiger partial charge in [-0.1, -0.05) is 17.3 Å². The van der Waals surface area contributed by atoms with Crippen LogP contribution < -0.4 is 5.32 Å². The van der Waals surface area contributed by atoms with E-state index in [2.05, 4.69) is 10.5 Å². The third kappa shape index (κ3) is 2.02. The summed E-state index contributed by atoms with van der Waals surface area (Å²) in [6.45, 7) is 0. The van der Waals surface area contributed by atoms with Crippen molar-refractivity contribution < 1.29 is 22.8 Å². The lowest BCUT2D eigenvalue weighted by atomic mass is 10.1. The topological polar surface area (TPSA) is 113 Å². The first-order chi connectivity index (χ1) is 10.4. The third-order valence-electron chi connectivity index (χ3n) is 3.21. The van der Waals surface area contributed by atoms with Crippen LogP contribution in [0, 0.1) is 0 Å². The van der Waals surface area contributed by atoms with E-state index in [1.54, 1.807) is 6.07 Å². The molecule has 114 valence electrons. The van der Waals surface area contributed by atoms with Gasteiger partial charge in [0, 0.05) is 18.7 Å². The highest BCUT2D eigenvalue weighted by molar-refractivity contribution is 7.89. The molecule has 0 spiro atoms. The van der Waals surface area contributed by atoms with Crippen molar-refractivity contribution in [1.29, 1.82) is 0 Å². The molecule has 0 radical (unpaired) electrons. The zero-order valence-corrected chi connectivity index (χ0v) is 12.2. The number of anilines is 1. The fourth-order valence-corrected chi connectivity index (χ4v) is 3.53. The van der Waals surface area contributed by atoms with Crippen molar-refractivity contribution in [2.45, 2.75) is 4.90 Å². The van der Waals surface area contributed by atoms with Crippen LogP contribution in [0.25, 0.3) is 5.76 Å². The molecule has 22 heavy (non-hydrogen) atoms. The maximum Gasteiger partial charge on any atom is 0.279 e. The summed E-state index contributed by atoms with van der Waals surface area (Å²) in [6, 6.07) is 7.29. The van der Waals surface area contributed by atoms with Gasteiger partial charge in [0.15, 0.2) is 11.5 Å². The molecule has 8 nitrogen and oxygen atoms in total. The Morgan fingerprint density at radius 3 is 2.73 bits per heavy atom. The van der Waals surface area contributed by atoms with Crippen LogP contribution in [0.1, 0.15) is 5.56 Å². The Kier molecular flexibility index (Phi) is 3.14. The van der Waals surface area contributed by atoms with E-state index in [0.717, 1.165) is 4.31 Å². The average Bonchev–Trinajstić information content (AvgIpc) is 2.99. The Hall–Kier alpha value is -2.81. The Morgan fingerprint density at radius 1 is 1.32 bits per heavy atom. The molecule has 0 fully saturated rings. The molecule has 1 aliphatic heterocycles. The highest BCUT2D eigenvalue weighted by Crippen LogP contribution is 2.34. The molecular formula is C13H11N3O5S. The number of carbonyl (C=O) groups is 1. The van der Waals surface area contributed by atoms with Gasteiger partial charge in [0.2, 0.25) is 5.88 Å². The number of fused-ring (bicyclic) bond motifs is 1. The number of aliphatic hydroxyl groups excluding tert-OH is 1. The van der Waals surface area contributed by atoms with Crippen LogP contribution >= 0.6 is 0 Å². The molecule has 1 aromatic heterocycles. The van der Waals surface area contributed by atoms with Gasteiger partial charge in [-0.05, 0) is 12.1 Å². The van der Waals surface area contributed by atoms with Gasteiger partial charge >= 0.3 is 0 Å². The van der Waals surface area contributed by atoms with Gasteiger partial charge in [-0.3, -0.25) is 14.4 Å². The molecule has 0 bridgehead atoms. The molecule has 1 aromatic carbocycles. The van der Waals surface area contributed by atoms with Gasteiger partial charge in [0.25, 0.3) is 15.9 Å². The quantitative estimate of drug-likeness (QED) is 0.858. The maximum atomic E-state index is 12.4. The number of benzene rings is 1. The van der Waals surface area contributed by atoms with E-state index < -0.39 is 27.4 Å². The van der Waals surface area contributed by atoms with Crippen molar-refractivity contribution >= 4 is 27.6 Å². The number of hydrogen-bond donors (Lipinski definition) is 2. The van der Waals surface area contributed by atoms with E-state index in [1.165, 1.54) is 37.5 Å². The van der Waals surface area contributed by atoms with Gasteiger partial charge < -0.3 is 9.63 Å². The number of nitrogens with one attached hydrogen (secondary N) is 1. The second-order valence-corrected chi connectivity index (χ2v) is 6.43. The number of aromatic nitrogens is 1. The highest BCUT2D eigenvalue weighted by atomic mass is 32.2. The molecule has 2 aromatic rings. The van der Waals surface area contributed by atoms with Gasteiger partial charge in [-0.2, -0.15) is 0 Å². The normalized spacial score (nSPS) is 16.3. The van der Waals surface area contributed by atoms with Crippen molar-refractivity contribution in [3.63, 3.8) is 0 Å². The van der Waals surface area contributed by atoms with Crippen LogP contribution in [0.15, 0.2) is 51.6 Å². The Balaban J connectivity index is 2.12. The van der Waals surface area contributed by atoms with Crippen LogP contribution in [-0.2, 0) is 14.8 Å². The van der Waals surface area contributed by atoms with E-state index >= 15 is 0 Å². The minimum Gasteiger partial charge on any atom is -0.505 e. The van der Waals surface area contributed by atoms with E-state index in [0.29, 0.717) is 0 Å². The van der Waals surface area contributed by atoms with Crippen molar-refractivity contribution in [2.75, 3.05) is 12.4 Å². The largest absolute Gasteiger partial charge is 0.505 e. The predicted octanol–water partition coefficient (Wildman–Crippen LogP) is 1.17. The summed E-state index contributed by atoms with van der Waals surface area (Å²) in [6.07, 6.45) is 1.32. The minimum atomic E-state index is -3.92. The number of amides is 1. The number of aliphatic hydroxyl groups is 1. The minimum absolute atomic E-state index is 0.0370. The van der Waals surface area contributed by atoms with Gasteiger partial charge in [-0.25, -0.2) is 8.42 Å². The number of nitrogens with zero attached hydrogens (tertiary/aromatic N) is 2. The molecule has 0 saturated carbocycles. The van der Waals surface area contributed by atoms with Crippen molar-refractivity contribution in [1.82, 2.24) is 9.46 Å². The molecule has 1 amide bonds. The lowest BCUT2D eigenvalue weighted by Gasteiger charge is -2.28. The number of likely N-dealkylation sites (N-methyl/N-ethyl adjacent to an activating group) is 1. The number of carbonyl (C=O) groups excluding carboxylic acids is 1. The summed E-state index contributed by atoms with van der Waals surface area (Å²) in [5, 5.41) is 16.0. The number of rotatable bonds is 2. The monoisotopic (exact) mass is 321 g/mol. The molecule has 0 atom stereocenters. The SMILES string of the molecule is CN1C(C(=O)Nc2ccno2)=C(O)c2ccccc2S1(=O)=O. The van der Waals surface area contributed by atoms with Gasteiger partial charge in [-0.15, -0.1) is 0 Å². The molecule has 0 aliphatic carbocycles. The number of sulfonamides is 1. The fourth-order valence-electron chi connectivity index (χ4n) is 2.13. The third-order valence-corrected chi connectivity index (χ3v) is 5.02. The standard InChI is InChI=1S/C13H11N3O5S/c1-16-11(13(18)15-10-6-7-14-21-10)12(17)8-4-2-3-5-9(8)22(16,19)20/h2-7,17H,1H3,(H,15,18). The van der Waals surface area contributed by atoms with Crippen molar-refractivity contribution in [3.8, 4) is 0 Å². The molecule has 2 heterocycles. The highest BCUT2D eigenvalue weighted by Gasteiger charge is 2.37. The van der Waals surface area contributed by atoms with E-state index in [9.17, 15) is 18.3 Å². The lowest BCUT2D eigenvalue weighted by molar-refractivity contribution is -0.113. The molecule has 1 aliphatic rings. The zero-order chi connectivity index (χ0) is 15.9. The van der Waals surface area contributed by atoms with Gasteiger partial charge in [0.1, 0.15) is 0 Å². The smallest absolute Gasteiger partial charge is 0.279 e. The summed E-state index contributed by atoms with van der Waals surface area (Å²) < 4.78 is 30.3. The second-order valence-electron chi connectivity index (χ2n) is 4.50. The maximum absolute atomic E-state index is 12.4. The lowest BCUT2D eigenvalue weighted by Crippen LogP contribution is -2.37. The summed E-state index contributed by atoms with van der Waals surface area (Å²) in [4.78, 5) is 12.2. The van der Waals surface area contributed by atoms with Crippen molar-refractivity contribution in [2.24, 2.45) is 0 Å². The van der Waals surface area contributed by atoms with E-state index in [4.69, 9.17) is 4.52 Å². The summed E-state index contributed by atoms with van der Waals surface area (Å²) >= 11 is 0. The summed E-state index contributed by atoms with van der Waals surface area (Å²) in [5.41, 5.74) is -0.321. The molecule has 2 N–H and O–H groups in total. The molecule has 9 heteroatoms. The first-order valence-corrected chi connectivity index (χ1v) is 7.60. The van der Waals surface area contributed by atoms with Crippen LogP contribution in [0.3, 0.4) is 0 Å².